The zero-order valence-corrected chi connectivity index (χ0v) is 34.4. The number of hydroxylamine groups is 1. The van der Waals surface area contributed by atoms with Crippen molar-refractivity contribution < 1.29 is 43.2 Å². The lowest BCUT2D eigenvalue weighted by Crippen LogP contribution is -2.57. The summed E-state index contributed by atoms with van der Waals surface area (Å²) in [6.07, 6.45) is 12.3. The van der Waals surface area contributed by atoms with Gasteiger partial charge in [0.2, 0.25) is 17.6 Å². The molecule has 0 aromatic rings. The molecule has 2 saturated heterocycles. The second-order valence-corrected chi connectivity index (χ2v) is 17.3. The van der Waals surface area contributed by atoms with Crippen LogP contribution in [0.15, 0.2) is 12.7 Å². The summed E-state index contributed by atoms with van der Waals surface area (Å²) in [6, 6.07) is -2.32. The fourth-order valence-corrected chi connectivity index (χ4v) is 7.68. The number of amides is 3. The molecule has 13 nitrogen and oxygen atoms in total. The maximum absolute atomic E-state index is 12.9. The Morgan fingerprint density at radius 1 is 1.10 bits per heavy atom. The van der Waals surface area contributed by atoms with E-state index >= 15 is 0 Å². The molecule has 52 heavy (non-hydrogen) atoms. The van der Waals surface area contributed by atoms with Crippen molar-refractivity contribution in [3.63, 3.8) is 0 Å². The van der Waals surface area contributed by atoms with Crippen LogP contribution in [0.5, 0.6) is 0 Å². The summed E-state index contributed by atoms with van der Waals surface area (Å²) in [7, 11) is -2.99. The molecule has 0 aromatic carbocycles. The van der Waals surface area contributed by atoms with Crippen molar-refractivity contribution in [1.29, 1.82) is 0 Å². The molecule has 1 unspecified atom stereocenters. The first-order chi connectivity index (χ1) is 24.5. The van der Waals surface area contributed by atoms with Gasteiger partial charge in [-0.1, -0.05) is 100.0 Å². The molecule has 14 heteroatoms. The Morgan fingerprint density at radius 3 is 2.23 bits per heavy atom. The van der Waals surface area contributed by atoms with Crippen molar-refractivity contribution in [2.75, 3.05) is 32.1 Å². The molecule has 3 fully saturated rings. The Morgan fingerprint density at radius 2 is 1.71 bits per heavy atom. The molecule has 1 aliphatic carbocycles. The molecule has 6 N–H and O–H groups in total. The second-order valence-electron chi connectivity index (χ2n) is 14.9. The van der Waals surface area contributed by atoms with E-state index < -0.39 is 56.2 Å². The van der Waals surface area contributed by atoms with Crippen LogP contribution >= 0.6 is 0 Å². The highest BCUT2D eigenvalue weighted by atomic mass is 32.2. The van der Waals surface area contributed by atoms with Crippen molar-refractivity contribution in [2.24, 2.45) is 11.1 Å². The Balaban J connectivity index is -0.000000277. The van der Waals surface area contributed by atoms with Gasteiger partial charge in [0.05, 0.1) is 36.3 Å². The van der Waals surface area contributed by atoms with E-state index in [-0.39, 0.29) is 29.5 Å². The number of sulfone groups is 1. The average Bonchev–Trinajstić information content (AvgIpc) is 3.62. The minimum atomic E-state index is -2.99. The fourth-order valence-electron chi connectivity index (χ4n) is 6.21. The lowest BCUT2D eigenvalue weighted by atomic mass is 9.79. The van der Waals surface area contributed by atoms with Crippen molar-refractivity contribution in [3.8, 4) is 0 Å². The normalized spacial score (nSPS) is 21.6. The Hall–Kier alpha value is -2.39. The van der Waals surface area contributed by atoms with E-state index in [4.69, 9.17) is 10.5 Å². The molecule has 1 saturated carbocycles. The van der Waals surface area contributed by atoms with E-state index in [1.807, 2.05) is 41.5 Å². The number of hydrogen-bond acceptors (Lipinski definition) is 10. The number of unbranched alkanes of at least 4 members (excludes halogenated alkanes) is 1. The number of ether oxygens (including phenoxy) is 1. The number of ketones is 1. The number of likely N-dealkylation sites (tertiary alicyclic amines) is 1. The minimum Gasteiger partial charge on any atom is -0.379 e. The highest BCUT2D eigenvalue weighted by molar-refractivity contribution is 7.92. The van der Waals surface area contributed by atoms with E-state index in [9.17, 15) is 32.8 Å². The number of hydrogen-bond donors (Lipinski definition) is 5. The van der Waals surface area contributed by atoms with E-state index in [0.29, 0.717) is 58.3 Å². The van der Waals surface area contributed by atoms with Crippen LogP contribution in [0.1, 0.15) is 145 Å². The Labute approximate surface area is 320 Å². The van der Waals surface area contributed by atoms with E-state index in [0.717, 1.165) is 32.1 Å². The molecule has 4 atom stereocenters. The lowest BCUT2D eigenvalue weighted by Gasteiger charge is -2.37. The predicted octanol–water partition coefficient (Wildman–Crippen LogP) is 5.59. The standard InChI is InChI=1S/C21H36N4O4.C12H23NO4S.C3H8.C2H6.4H2/c1-6-8-10-14(16(26)19(28)23-12-7-2)24-18(27)15-11-9-13-25(15)20(29)17(22)21(3,4)5;14-13-12(5-2-1-3-6-12)7-4-11-10-17-8-9-18(11,15)16;1-3-2;1-2;;;;/h7,14-15,17H,2,6,8-13,22H2,1,3-5H3,(H,23,28)(H,24,27);11,13-14H,1-10H2;3H2,1-2H3;1-2H3;4*1H/t14-,15-,17+;;;;;;;/m0......./s1. The number of nitrogens with two attached hydrogens (primary N) is 1. The summed E-state index contributed by atoms with van der Waals surface area (Å²) in [5.41, 5.74) is 7.85. The lowest BCUT2D eigenvalue weighted by molar-refractivity contribution is -0.143. The third kappa shape index (κ3) is 16.7. The van der Waals surface area contributed by atoms with Crippen LogP contribution in [0, 0.1) is 5.41 Å². The van der Waals surface area contributed by atoms with Crippen LogP contribution in [-0.4, -0.2) is 103 Å². The van der Waals surface area contributed by atoms with Crippen LogP contribution in [0.3, 0.4) is 0 Å². The van der Waals surface area contributed by atoms with E-state index in [1.54, 1.807) is 0 Å². The zero-order valence-electron chi connectivity index (χ0n) is 33.6. The number of carbonyl (C=O) groups excluding carboxylic acids is 4. The zero-order chi connectivity index (χ0) is 40.0. The number of carbonyl (C=O) groups is 4. The predicted molar refractivity (Wildman–Crippen MR) is 216 cm³/mol. The van der Waals surface area contributed by atoms with Gasteiger partial charge in [-0.2, -0.15) is 5.48 Å². The van der Waals surface area contributed by atoms with Gasteiger partial charge in [-0.05, 0) is 50.4 Å². The van der Waals surface area contributed by atoms with Crippen LogP contribution in [-0.2, 0) is 33.8 Å². The van der Waals surface area contributed by atoms with Crippen LogP contribution < -0.4 is 21.8 Å². The molecule has 0 spiro atoms. The van der Waals surface area contributed by atoms with Gasteiger partial charge in [-0.3, -0.25) is 19.2 Å². The molecule has 312 valence electrons. The topological polar surface area (TPSA) is 197 Å². The van der Waals surface area contributed by atoms with E-state index in [2.05, 4.69) is 36.5 Å². The molecule has 0 aromatic heterocycles. The van der Waals surface area contributed by atoms with Gasteiger partial charge in [-0.25, -0.2) is 8.42 Å². The molecule has 0 bridgehead atoms. The van der Waals surface area contributed by atoms with Crippen molar-refractivity contribution in [3.05, 3.63) is 12.7 Å². The summed E-state index contributed by atoms with van der Waals surface area (Å²) in [6.45, 7) is 20.6. The highest BCUT2D eigenvalue weighted by Crippen LogP contribution is 2.33. The van der Waals surface area contributed by atoms with Gasteiger partial charge in [-0.15, -0.1) is 6.58 Å². The van der Waals surface area contributed by atoms with Gasteiger partial charge in [0.15, 0.2) is 9.84 Å². The molecule has 2 heterocycles. The first-order valence-electron chi connectivity index (χ1n) is 19.5. The van der Waals surface area contributed by atoms with Gasteiger partial charge < -0.3 is 31.2 Å². The maximum atomic E-state index is 12.9. The number of nitrogens with zero attached hydrogens (tertiary/aromatic N) is 1. The number of Topliss-reactive ketones (excluding diaryl/α,β-unsaturated/α-hetero) is 1. The molecule has 0 radical (unpaired) electrons. The smallest absolute Gasteiger partial charge is 0.289 e. The van der Waals surface area contributed by atoms with Gasteiger partial charge in [0.25, 0.3) is 5.91 Å². The maximum Gasteiger partial charge on any atom is 0.289 e. The third-order valence-corrected chi connectivity index (χ3v) is 11.6. The number of rotatable bonds is 14. The molecule has 3 amide bonds. The molecule has 2 aliphatic heterocycles. The molecule has 3 rings (SSSR count). The van der Waals surface area contributed by atoms with Crippen molar-refractivity contribution in [1.82, 2.24) is 21.0 Å². The first kappa shape index (κ1) is 49.6. The third-order valence-electron chi connectivity index (χ3n) is 9.46. The molecular formula is C38H81N5O8S. The Kier molecular flexibility index (Phi) is 24.4. The number of nitrogens with one attached hydrogen (secondary N) is 3. The fraction of sp³-hybridized carbons (Fsp3) is 0.842. The van der Waals surface area contributed by atoms with Gasteiger partial charge in [0, 0.05) is 24.3 Å². The second kappa shape index (κ2) is 25.6. The van der Waals surface area contributed by atoms with Crippen LogP contribution in [0.25, 0.3) is 0 Å². The summed E-state index contributed by atoms with van der Waals surface area (Å²) in [5.74, 6) is -1.98. The monoisotopic (exact) mass is 768 g/mol. The minimum absolute atomic E-state index is 0. The summed E-state index contributed by atoms with van der Waals surface area (Å²) < 4.78 is 29.0. The summed E-state index contributed by atoms with van der Waals surface area (Å²) >= 11 is 0. The quantitative estimate of drug-likeness (QED) is 0.0845. The van der Waals surface area contributed by atoms with Gasteiger partial charge >= 0.3 is 0 Å². The van der Waals surface area contributed by atoms with Gasteiger partial charge in [0.1, 0.15) is 6.04 Å². The SMILES string of the molecule is C=CCNC(=O)C(=O)[C@H](CCCC)NC(=O)[C@@H]1CCCN1C(=O)[C@@H](N)C(C)(C)C.CC.CCC.O=S1(=O)CCOCC1CCC1(NO)CCCCC1.[HH].[HH].[HH].[HH]. The largest absolute Gasteiger partial charge is 0.379 e. The van der Waals surface area contributed by atoms with Crippen LogP contribution in [0.2, 0.25) is 0 Å². The summed E-state index contributed by atoms with van der Waals surface area (Å²) in [5, 5.41) is 14.1. The highest BCUT2D eigenvalue weighted by Gasteiger charge is 2.41. The van der Waals surface area contributed by atoms with E-state index in [1.165, 1.54) is 23.8 Å². The molecular weight excluding hydrogens is 687 g/mol. The van der Waals surface area contributed by atoms with Crippen molar-refractivity contribution >= 4 is 33.3 Å². The first-order valence-corrected chi connectivity index (χ1v) is 21.3. The molecule has 3 aliphatic rings. The average molecular weight is 768 g/mol. The Bertz CT molecular complexity index is 1210. The van der Waals surface area contributed by atoms with Crippen LogP contribution in [0.4, 0.5) is 0 Å². The van der Waals surface area contributed by atoms with Crippen molar-refractivity contribution in [2.45, 2.75) is 168 Å². The summed E-state index contributed by atoms with van der Waals surface area (Å²) in [4.78, 5) is 51.8.